The molecule has 2 heteroatoms. The number of nitrogens with one attached hydrogen (secondary N) is 1. The topological polar surface area (TPSA) is 12.0 Å². The van der Waals surface area contributed by atoms with Crippen LogP contribution in [0.5, 0.6) is 0 Å². The smallest absolute Gasteiger partial charge is 0.0580 e. The van der Waals surface area contributed by atoms with Gasteiger partial charge in [0.05, 0.1) is 6.04 Å². The molecule has 1 aliphatic heterocycles. The van der Waals surface area contributed by atoms with E-state index < -0.39 is 0 Å². The molecular weight excluding hydrogens is 242 g/mol. The Morgan fingerprint density at radius 3 is 2.89 bits per heavy atom. The molecule has 2 aromatic rings. The predicted molar refractivity (Wildman–Crippen MR) is 76.2 cm³/mol. The summed E-state index contributed by atoms with van der Waals surface area (Å²) in [5, 5.41) is 4.38. The van der Waals surface area contributed by atoms with Gasteiger partial charge in [-0.15, -0.1) is 0 Å². The van der Waals surface area contributed by atoms with Crippen molar-refractivity contribution < 1.29 is 0 Å². The van der Waals surface area contributed by atoms with Crippen LogP contribution in [0.2, 0.25) is 5.02 Å². The van der Waals surface area contributed by atoms with Crippen LogP contribution in [0.25, 0.3) is 0 Å². The molecule has 0 radical (unpaired) electrons. The Bertz CT molecular complexity index is 577. The Kier molecular flexibility index (Phi) is 3.11. The maximum absolute atomic E-state index is 6.09. The highest BCUT2D eigenvalue weighted by Crippen LogP contribution is 2.30. The lowest BCUT2D eigenvalue weighted by Crippen LogP contribution is -2.30. The maximum atomic E-state index is 6.09. The van der Waals surface area contributed by atoms with Crippen molar-refractivity contribution in [2.24, 2.45) is 0 Å². The molecule has 1 heterocycles. The summed E-state index contributed by atoms with van der Waals surface area (Å²) in [5.74, 6) is 0. The van der Waals surface area contributed by atoms with Gasteiger partial charge in [-0.25, -0.2) is 0 Å². The summed E-state index contributed by atoms with van der Waals surface area (Å²) in [4.78, 5) is 0. The lowest BCUT2D eigenvalue weighted by molar-refractivity contribution is 0.567. The molecule has 0 fully saturated rings. The van der Waals surface area contributed by atoms with Gasteiger partial charge >= 0.3 is 0 Å². The summed E-state index contributed by atoms with van der Waals surface area (Å²) >= 11 is 6.09. The van der Waals surface area contributed by atoms with Crippen molar-refractivity contribution in [3.8, 4) is 0 Å². The Hall–Kier alpha value is -1.31. The predicted octanol–water partition coefficient (Wildman–Crippen LogP) is 3.88. The molecule has 0 aliphatic carbocycles. The van der Waals surface area contributed by atoms with E-state index in [4.69, 9.17) is 11.6 Å². The van der Waals surface area contributed by atoms with Gasteiger partial charge in [0.25, 0.3) is 0 Å². The number of halogens is 1. The van der Waals surface area contributed by atoms with Crippen LogP contribution in [0, 0.1) is 6.92 Å². The van der Waals surface area contributed by atoms with E-state index in [0.29, 0.717) is 0 Å². The molecule has 0 spiro atoms. The molecule has 3 rings (SSSR count). The van der Waals surface area contributed by atoms with Crippen molar-refractivity contribution >= 4 is 11.6 Å². The molecule has 1 N–H and O–H groups in total. The van der Waals surface area contributed by atoms with E-state index in [-0.39, 0.29) is 6.04 Å². The highest BCUT2D eigenvalue weighted by molar-refractivity contribution is 6.30. The Balaban J connectivity index is 2.06. The minimum absolute atomic E-state index is 0.271. The number of fused-ring (bicyclic) bond motifs is 1. The van der Waals surface area contributed by atoms with Crippen molar-refractivity contribution in [3.05, 3.63) is 69.7 Å². The van der Waals surface area contributed by atoms with Gasteiger partial charge in [0.15, 0.2) is 0 Å². The first kappa shape index (κ1) is 11.8. The normalized spacial score (nSPS) is 18.4. The first-order valence-corrected chi connectivity index (χ1v) is 6.70. The quantitative estimate of drug-likeness (QED) is 0.818. The zero-order chi connectivity index (χ0) is 12.5. The van der Waals surface area contributed by atoms with Crippen LogP contribution in [0.3, 0.4) is 0 Å². The van der Waals surface area contributed by atoms with Gasteiger partial charge in [-0.1, -0.05) is 47.5 Å². The monoisotopic (exact) mass is 257 g/mol. The van der Waals surface area contributed by atoms with E-state index in [1.165, 1.54) is 22.3 Å². The van der Waals surface area contributed by atoms with Crippen molar-refractivity contribution in [1.82, 2.24) is 5.32 Å². The minimum atomic E-state index is 0.271. The number of aryl methyl sites for hydroxylation is 1. The van der Waals surface area contributed by atoms with Crippen molar-refractivity contribution in [2.45, 2.75) is 19.4 Å². The molecule has 2 aromatic carbocycles. The zero-order valence-electron chi connectivity index (χ0n) is 10.4. The Morgan fingerprint density at radius 2 is 2.06 bits per heavy atom. The molecule has 0 amide bonds. The van der Waals surface area contributed by atoms with Gasteiger partial charge in [0.2, 0.25) is 0 Å². The van der Waals surface area contributed by atoms with Crippen LogP contribution in [-0.4, -0.2) is 6.54 Å². The van der Waals surface area contributed by atoms with Gasteiger partial charge < -0.3 is 5.32 Å². The largest absolute Gasteiger partial charge is 0.306 e. The van der Waals surface area contributed by atoms with Crippen LogP contribution in [0.1, 0.15) is 28.3 Å². The van der Waals surface area contributed by atoms with Crippen molar-refractivity contribution in [1.29, 1.82) is 0 Å². The second-order valence-corrected chi connectivity index (χ2v) is 5.33. The number of hydrogen-bond donors (Lipinski definition) is 1. The third-order valence-electron chi connectivity index (χ3n) is 3.53. The second-order valence-electron chi connectivity index (χ2n) is 4.89. The lowest BCUT2D eigenvalue weighted by Gasteiger charge is -2.27. The molecule has 1 nitrogen and oxygen atoms in total. The van der Waals surface area contributed by atoms with Crippen LogP contribution >= 0.6 is 11.6 Å². The van der Waals surface area contributed by atoms with Gasteiger partial charge in [-0.3, -0.25) is 0 Å². The minimum Gasteiger partial charge on any atom is -0.306 e. The Labute approximate surface area is 113 Å². The Morgan fingerprint density at radius 1 is 1.17 bits per heavy atom. The highest BCUT2D eigenvalue weighted by Gasteiger charge is 2.21. The van der Waals surface area contributed by atoms with Crippen molar-refractivity contribution in [2.75, 3.05) is 6.54 Å². The van der Waals surface area contributed by atoms with Crippen LogP contribution in [0.15, 0.2) is 42.5 Å². The van der Waals surface area contributed by atoms with Crippen LogP contribution < -0.4 is 5.32 Å². The third-order valence-corrected chi connectivity index (χ3v) is 3.77. The van der Waals surface area contributed by atoms with E-state index >= 15 is 0 Å². The second kappa shape index (κ2) is 4.75. The molecule has 1 aliphatic rings. The summed E-state index contributed by atoms with van der Waals surface area (Å²) in [7, 11) is 0. The number of hydrogen-bond acceptors (Lipinski definition) is 1. The first-order chi connectivity index (χ1) is 8.74. The fraction of sp³-hybridized carbons (Fsp3) is 0.250. The van der Waals surface area contributed by atoms with Gasteiger partial charge in [0, 0.05) is 11.6 Å². The average molecular weight is 258 g/mol. The molecule has 0 saturated carbocycles. The molecule has 92 valence electrons. The first-order valence-electron chi connectivity index (χ1n) is 6.32. The summed E-state index contributed by atoms with van der Waals surface area (Å²) in [6.07, 6.45) is 1.11. The summed E-state index contributed by atoms with van der Waals surface area (Å²) in [5.41, 5.74) is 5.42. The molecule has 0 aromatic heterocycles. The van der Waals surface area contributed by atoms with Crippen LogP contribution in [-0.2, 0) is 6.42 Å². The lowest BCUT2D eigenvalue weighted by atomic mass is 9.89. The van der Waals surface area contributed by atoms with Crippen molar-refractivity contribution in [3.63, 3.8) is 0 Å². The fourth-order valence-corrected chi connectivity index (χ4v) is 2.88. The summed E-state index contributed by atoms with van der Waals surface area (Å²) in [6, 6.07) is 15.1. The number of benzene rings is 2. The highest BCUT2D eigenvalue weighted by atomic mass is 35.5. The van der Waals surface area contributed by atoms with Gasteiger partial charge in [-0.05, 0) is 42.2 Å². The maximum Gasteiger partial charge on any atom is 0.0580 e. The van der Waals surface area contributed by atoms with Gasteiger partial charge in [0.1, 0.15) is 0 Å². The fourth-order valence-electron chi connectivity index (χ4n) is 2.68. The van der Waals surface area contributed by atoms with Gasteiger partial charge in [-0.2, -0.15) is 0 Å². The summed E-state index contributed by atoms with van der Waals surface area (Å²) < 4.78 is 0. The van der Waals surface area contributed by atoms with E-state index in [9.17, 15) is 0 Å². The molecular formula is C16H16ClN. The molecule has 1 unspecified atom stereocenters. The molecule has 18 heavy (non-hydrogen) atoms. The van der Waals surface area contributed by atoms with E-state index in [1.807, 2.05) is 18.2 Å². The number of rotatable bonds is 1. The van der Waals surface area contributed by atoms with E-state index in [1.54, 1.807) is 0 Å². The summed E-state index contributed by atoms with van der Waals surface area (Å²) in [6.45, 7) is 3.17. The molecule has 0 bridgehead atoms. The molecule has 0 saturated heterocycles. The SMILES string of the molecule is Cc1ccc2c(c1)CCNC2c1cccc(Cl)c1. The van der Waals surface area contributed by atoms with E-state index in [0.717, 1.165) is 18.0 Å². The zero-order valence-corrected chi connectivity index (χ0v) is 11.2. The van der Waals surface area contributed by atoms with Crippen LogP contribution in [0.4, 0.5) is 0 Å². The van der Waals surface area contributed by atoms with E-state index in [2.05, 4.69) is 36.5 Å². The standard InChI is InChI=1S/C16H16ClN/c1-11-5-6-15-12(9-11)7-8-18-16(15)13-3-2-4-14(17)10-13/h2-6,9-10,16,18H,7-8H2,1H3. The molecule has 1 atom stereocenters. The average Bonchev–Trinajstić information content (AvgIpc) is 2.37. The third kappa shape index (κ3) is 2.16.